The standard InChI is InChI=1S/C16H23N3O/c1-4-12(10-20-5-2)18-15-11(3)13-8-6-7-9-14(13)19-16(15)17/h6,8H,4-5,7,9-10H2,1-3H3,(H2,17,19)/b18-12+. The minimum atomic E-state index is 0.527. The second kappa shape index (κ2) is 6.66. The van der Waals surface area contributed by atoms with Crippen LogP contribution in [0, 0.1) is 6.92 Å². The van der Waals surface area contributed by atoms with Gasteiger partial charge in [-0.2, -0.15) is 0 Å². The number of nitrogens with zero attached hydrogens (tertiary/aromatic N) is 2. The van der Waals surface area contributed by atoms with Crippen molar-refractivity contribution in [3.8, 4) is 0 Å². The Morgan fingerprint density at radius 2 is 2.25 bits per heavy atom. The number of nitrogens with two attached hydrogens (primary N) is 1. The molecule has 1 aromatic heterocycles. The van der Waals surface area contributed by atoms with Gasteiger partial charge in [0.25, 0.3) is 0 Å². The van der Waals surface area contributed by atoms with Crippen molar-refractivity contribution >= 4 is 23.3 Å². The van der Waals surface area contributed by atoms with Crippen LogP contribution in [0.1, 0.15) is 43.5 Å². The molecule has 0 unspecified atom stereocenters. The largest absolute Gasteiger partial charge is 0.382 e. The summed E-state index contributed by atoms with van der Waals surface area (Å²) in [6.45, 7) is 7.38. The molecular formula is C16H23N3O. The highest BCUT2D eigenvalue weighted by Crippen LogP contribution is 2.33. The highest BCUT2D eigenvalue weighted by atomic mass is 16.5. The number of pyridine rings is 1. The van der Waals surface area contributed by atoms with E-state index in [1.807, 2.05) is 6.92 Å². The van der Waals surface area contributed by atoms with Gasteiger partial charge >= 0.3 is 0 Å². The summed E-state index contributed by atoms with van der Waals surface area (Å²) in [5, 5.41) is 0. The zero-order valence-electron chi connectivity index (χ0n) is 12.6. The van der Waals surface area contributed by atoms with Crippen molar-refractivity contribution in [2.75, 3.05) is 18.9 Å². The van der Waals surface area contributed by atoms with E-state index in [9.17, 15) is 0 Å². The quantitative estimate of drug-likeness (QED) is 0.836. The summed E-state index contributed by atoms with van der Waals surface area (Å²) in [5.41, 5.74) is 11.3. The number of hydrogen-bond donors (Lipinski definition) is 1. The lowest BCUT2D eigenvalue weighted by molar-refractivity contribution is 0.186. The average molecular weight is 273 g/mol. The van der Waals surface area contributed by atoms with Gasteiger partial charge in [-0.15, -0.1) is 0 Å². The molecule has 0 aliphatic heterocycles. The van der Waals surface area contributed by atoms with E-state index in [1.165, 1.54) is 5.56 Å². The number of aliphatic imine (C=N–C) groups is 1. The third-order valence-electron chi connectivity index (χ3n) is 3.55. The van der Waals surface area contributed by atoms with Crippen LogP contribution in [-0.2, 0) is 11.2 Å². The lowest BCUT2D eigenvalue weighted by atomic mass is 9.97. The van der Waals surface area contributed by atoms with Crippen molar-refractivity contribution in [1.29, 1.82) is 0 Å². The average Bonchev–Trinajstić information content (AvgIpc) is 2.46. The van der Waals surface area contributed by atoms with Crippen LogP contribution in [-0.4, -0.2) is 23.9 Å². The summed E-state index contributed by atoms with van der Waals surface area (Å²) in [4.78, 5) is 9.21. The Hall–Kier alpha value is -1.68. The third-order valence-corrected chi connectivity index (χ3v) is 3.55. The second-order valence-electron chi connectivity index (χ2n) is 4.94. The molecule has 1 heterocycles. The minimum absolute atomic E-state index is 0.527. The third kappa shape index (κ3) is 3.07. The molecule has 4 heteroatoms. The highest BCUT2D eigenvalue weighted by Gasteiger charge is 2.15. The summed E-state index contributed by atoms with van der Waals surface area (Å²) in [7, 11) is 0. The van der Waals surface area contributed by atoms with Gasteiger partial charge in [-0.05, 0) is 38.7 Å². The molecule has 0 aromatic carbocycles. The molecule has 0 atom stereocenters. The second-order valence-corrected chi connectivity index (χ2v) is 4.94. The number of nitrogen functional groups attached to an aromatic ring is 1. The lowest BCUT2D eigenvalue weighted by Gasteiger charge is -2.16. The van der Waals surface area contributed by atoms with E-state index >= 15 is 0 Å². The van der Waals surface area contributed by atoms with Crippen molar-refractivity contribution in [1.82, 2.24) is 4.98 Å². The Labute approximate surface area is 120 Å². The first-order valence-corrected chi connectivity index (χ1v) is 7.27. The molecule has 20 heavy (non-hydrogen) atoms. The van der Waals surface area contributed by atoms with Gasteiger partial charge in [0.1, 0.15) is 11.5 Å². The number of aryl methyl sites for hydroxylation is 1. The molecule has 2 N–H and O–H groups in total. The van der Waals surface area contributed by atoms with Crippen LogP contribution in [0.2, 0.25) is 0 Å². The van der Waals surface area contributed by atoms with Gasteiger partial charge in [-0.25, -0.2) is 4.98 Å². The van der Waals surface area contributed by atoms with Crippen molar-refractivity contribution in [3.63, 3.8) is 0 Å². The monoisotopic (exact) mass is 273 g/mol. The Balaban J connectivity index is 2.41. The van der Waals surface area contributed by atoms with E-state index < -0.39 is 0 Å². The molecule has 0 saturated carbocycles. The maximum absolute atomic E-state index is 6.09. The van der Waals surface area contributed by atoms with E-state index in [4.69, 9.17) is 15.5 Å². The summed E-state index contributed by atoms with van der Waals surface area (Å²) in [5.74, 6) is 0.527. The first-order valence-electron chi connectivity index (χ1n) is 7.27. The summed E-state index contributed by atoms with van der Waals surface area (Å²) >= 11 is 0. The number of aromatic nitrogens is 1. The zero-order chi connectivity index (χ0) is 14.5. The molecule has 0 amide bonds. The van der Waals surface area contributed by atoms with Crippen LogP contribution in [0.4, 0.5) is 11.5 Å². The van der Waals surface area contributed by atoms with Crippen molar-refractivity contribution < 1.29 is 4.74 Å². The molecule has 0 fully saturated rings. The minimum Gasteiger partial charge on any atom is -0.382 e. The summed E-state index contributed by atoms with van der Waals surface area (Å²) in [6, 6.07) is 0. The topological polar surface area (TPSA) is 60.5 Å². The lowest BCUT2D eigenvalue weighted by Crippen LogP contribution is -2.09. The van der Waals surface area contributed by atoms with Crippen LogP contribution in [0.5, 0.6) is 0 Å². The van der Waals surface area contributed by atoms with Gasteiger partial charge in [-0.1, -0.05) is 19.1 Å². The number of ether oxygens (including phenoxy) is 1. The molecule has 108 valence electrons. The van der Waals surface area contributed by atoms with Crippen LogP contribution in [0.15, 0.2) is 11.1 Å². The SMILES string of the molecule is CCOC/C(CC)=N/c1c(N)nc2c(c1C)C=CCC2. The van der Waals surface area contributed by atoms with Gasteiger partial charge < -0.3 is 10.5 Å². The maximum Gasteiger partial charge on any atom is 0.149 e. The molecule has 0 bridgehead atoms. The van der Waals surface area contributed by atoms with E-state index in [2.05, 4.69) is 31.0 Å². The van der Waals surface area contributed by atoms with Gasteiger partial charge in [0.15, 0.2) is 0 Å². The molecule has 1 aliphatic rings. The van der Waals surface area contributed by atoms with Crippen LogP contribution in [0.3, 0.4) is 0 Å². The normalized spacial score (nSPS) is 14.4. The molecule has 2 rings (SSSR count). The van der Waals surface area contributed by atoms with Crippen LogP contribution in [0.25, 0.3) is 6.08 Å². The fraction of sp³-hybridized carbons (Fsp3) is 0.500. The smallest absolute Gasteiger partial charge is 0.149 e. The predicted octanol–water partition coefficient (Wildman–Crippen LogP) is 3.45. The molecule has 4 nitrogen and oxygen atoms in total. The predicted molar refractivity (Wildman–Crippen MR) is 84.6 cm³/mol. The molecule has 0 radical (unpaired) electrons. The zero-order valence-corrected chi connectivity index (χ0v) is 12.6. The summed E-state index contributed by atoms with van der Waals surface area (Å²) < 4.78 is 5.45. The number of rotatable bonds is 5. The highest BCUT2D eigenvalue weighted by molar-refractivity contribution is 5.90. The van der Waals surface area contributed by atoms with E-state index in [1.54, 1.807) is 0 Å². The number of hydrogen-bond acceptors (Lipinski definition) is 4. The Morgan fingerprint density at radius 3 is 2.95 bits per heavy atom. The molecular weight excluding hydrogens is 250 g/mol. The molecule has 1 aromatic rings. The van der Waals surface area contributed by atoms with Gasteiger partial charge in [0, 0.05) is 17.9 Å². The first-order chi connectivity index (χ1) is 9.67. The van der Waals surface area contributed by atoms with Crippen LogP contribution >= 0.6 is 0 Å². The first kappa shape index (κ1) is 14.7. The molecule has 1 aliphatic carbocycles. The Bertz CT molecular complexity index is 547. The number of fused-ring (bicyclic) bond motifs is 1. The fourth-order valence-corrected chi connectivity index (χ4v) is 2.36. The number of allylic oxidation sites excluding steroid dienone is 1. The summed E-state index contributed by atoms with van der Waals surface area (Å²) in [6.07, 6.45) is 7.16. The van der Waals surface area contributed by atoms with E-state index in [0.717, 1.165) is 41.9 Å². The van der Waals surface area contributed by atoms with E-state index in [0.29, 0.717) is 19.0 Å². The Morgan fingerprint density at radius 1 is 1.45 bits per heavy atom. The van der Waals surface area contributed by atoms with Crippen molar-refractivity contribution in [2.24, 2.45) is 4.99 Å². The van der Waals surface area contributed by atoms with Gasteiger partial charge in [0.2, 0.25) is 0 Å². The van der Waals surface area contributed by atoms with Gasteiger partial charge in [0.05, 0.1) is 12.3 Å². The Kier molecular flexibility index (Phi) is 4.90. The molecule has 0 spiro atoms. The van der Waals surface area contributed by atoms with Crippen LogP contribution < -0.4 is 5.73 Å². The van der Waals surface area contributed by atoms with E-state index in [-0.39, 0.29) is 0 Å². The molecule has 0 saturated heterocycles. The fourth-order valence-electron chi connectivity index (χ4n) is 2.36. The number of anilines is 1. The van der Waals surface area contributed by atoms with Crippen molar-refractivity contribution in [3.05, 3.63) is 22.9 Å². The van der Waals surface area contributed by atoms with Crippen molar-refractivity contribution in [2.45, 2.75) is 40.0 Å². The maximum atomic E-state index is 6.09. The van der Waals surface area contributed by atoms with Gasteiger partial charge in [-0.3, -0.25) is 4.99 Å².